The van der Waals surface area contributed by atoms with E-state index in [2.05, 4.69) is 10.3 Å². The summed E-state index contributed by atoms with van der Waals surface area (Å²) in [5.74, 6) is 0.405. The minimum absolute atomic E-state index is 0.0406. The molecule has 1 aliphatic heterocycles. The van der Waals surface area contributed by atoms with Gasteiger partial charge in [-0.2, -0.15) is 0 Å². The van der Waals surface area contributed by atoms with E-state index in [1.54, 1.807) is 6.07 Å². The van der Waals surface area contributed by atoms with Gasteiger partial charge in [-0.05, 0) is 24.6 Å². The van der Waals surface area contributed by atoms with Crippen molar-refractivity contribution in [2.45, 2.75) is 12.3 Å². The number of benzene rings is 1. The quantitative estimate of drug-likeness (QED) is 0.878. The maximum Gasteiger partial charge on any atom is 0.233 e. The molecule has 2 heterocycles. The Morgan fingerprint density at radius 1 is 1.30 bits per heavy atom. The summed E-state index contributed by atoms with van der Waals surface area (Å²) >= 11 is 0. The van der Waals surface area contributed by atoms with E-state index in [1.807, 2.05) is 24.3 Å². The normalized spacial score (nSPS) is 16.9. The van der Waals surface area contributed by atoms with Crippen molar-refractivity contribution in [3.05, 3.63) is 48.2 Å². The molecule has 102 valence electrons. The number of amides is 1. The number of fused-ring (bicyclic) bond motifs is 1. The summed E-state index contributed by atoms with van der Waals surface area (Å²) in [5.41, 5.74) is 0.867. The molecule has 1 aromatic heterocycles. The summed E-state index contributed by atoms with van der Waals surface area (Å²) in [6.07, 6.45) is 2.13. The van der Waals surface area contributed by atoms with Crippen molar-refractivity contribution in [2.24, 2.45) is 0 Å². The number of anilines is 1. The Morgan fingerprint density at radius 2 is 2.15 bits per heavy atom. The van der Waals surface area contributed by atoms with Crippen LogP contribution < -0.4 is 10.1 Å². The van der Waals surface area contributed by atoms with Gasteiger partial charge in [0.05, 0.1) is 12.5 Å². The standard InChI is InChI=1S/C15H14N2O3/c18-12-5-3-8-16-14(12)17-15(19)11-7-9-20-13-6-2-1-4-10(11)13/h1-6,8,11,18H,7,9H2,(H,16,17,19)/t11-/m1/s1. The van der Waals surface area contributed by atoms with Crippen LogP contribution in [-0.2, 0) is 4.79 Å². The largest absolute Gasteiger partial charge is 0.504 e. The van der Waals surface area contributed by atoms with Gasteiger partial charge in [-0.15, -0.1) is 0 Å². The monoisotopic (exact) mass is 270 g/mol. The third-order valence-corrected chi connectivity index (χ3v) is 3.30. The van der Waals surface area contributed by atoms with Crippen molar-refractivity contribution in [3.8, 4) is 11.5 Å². The SMILES string of the molecule is O=C(Nc1ncccc1O)[C@@H]1CCOc2ccccc21. The molecule has 1 amide bonds. The number of aromatic nitrogens is 1. The predicted octanol–water partition coefficient (Wildman–Crippen LogP) is 2.29. The van der Waals surface area contributed by atoms with E-state index in [4.69, 9.17) is 4.74 Å². The van der Waals surface area contributed by atoms with E-state index in [-0.39, 0.29) is 23.4 Å². The highest BCUT2D eigenvalue weighted by Gasteiger charge is 2.28. The van der Waals surface area contributed by atoms with Crippen LogP contribution in [0.2, 0.25) is 0 Å². The van der Waals surface area contributed by atoms with Crippen molar-refractivity contribution < 1.29 is 14.6 Å². The van der Waals surface area contributed by atoms with E-state index >= 15 is 0 Å². The third-order valence-electron chi connectivity index (χ3n) is 3.30. The third kappa shape index (κ3) is 2.30. The van der Waals surface area contributed by atoms with E-state index in [0.717, 1.165) is 11.3 Å². The first-order valence-electron chi connectivity index (χ1n) is 6.42. The Bertz CT molecular complexity index is 643. The van der Waals surface area contributed by atoms with Gasteiger partial charge in [-0.1, -0.05) is 18.2 Å². The number of ether oxygens (including phenoxy) is 1. The van der Waals surface area contributed by atoms with Crippen LogP contribution in [0.15, 0.2) is 42.6 Å². The molecule has 0 radical (unpaired) electrons. The maximum absolute atomic E-state index is 12.4. The van der Waals surface area contributed by atoms with Crippen LogP contribution in [0, 0.1) is 0 Å². The zero-order valence-corrected chi connectivity index (χ0v) is 10.7. The van der Waals surface area contributed by atoms with Gasteiger partial charge in [0.15, 0.2) is 11.6 Å². The number of para-hydroxylation sites is 1. The fourth-order valence-electron chi connectivity index (χ4n) is 2.31. The number of nitrogens with one attached hydrogen (secondary N) is 1. The summed E-state index contributed by atoms with van der Waals surface area (Å²) in [7, 11) is 0. The van der Waals surface area contributed by atoms with Crippen LogP contribution in [0.1, 0.15) is 17.9 Å². The summed E-state index contributed by atoms with van der Waals surface area (Å²) in [6.45, 7) is 0.503. The molecule has 3 rings (SSSR count). The highest BCUT2D eigenvalue weighted by atomic mass is 16.5. The molecule has 0 saturated carbocycles. The molecule has 5 nitrogen and oxygen atoms in total. The lowest BCUT2D eigenvalue weighted by molar-refractivity contribution is -0.118. The van der Waals surface area contributed by atoms with Gasteiger partial charge in [0.2, 0.25) is 5.91 Å². The molecule has 0 saturated heterocycles. The Labute approximate surface area is 116 Å². The van der Waals surface area contributed by atoms with E-state index in [0.29, 0.717) is 13.0 Å². The average molecular weight is 270 g/mol. The Morgan fingerprint density at radius 3 is 3.00 bits per heavy atom. The van der Waals surface area contributed by atoms with Crippen molar-refractivity contribution in [1.29, 1.82) is 0 Å². The second-order valence-electron chi connectivity index (χ2n) is 4.59. The van der Waals surface area contributed by atoms with Gasteiger partial charge in [-0.3, -0.25) is 4.79 Å². The molecular formula is C15H14N2O3. The van der Waals surface area contributed by atoms with E-state index < -0.39 is 0 Å². The Balaban J connectivity index is 1.84. The average Bonchev–Trinajstić information content (AvgIpc) is 2.49. The Kier molecular flexibility index (Phi) is 3.25. The van der Waals surface area contributed by atoms with E-state index in [9.17, 15) is 9.90 Å². The molecule has 1 aromatic carbocycles. The number of nitrogens with zero attached hydrogens (tertiary/aromatic N) is 1. The number of hydrogen-bond donors (Lipinski definition) is 2. The molecule has 0 bridgehead atoms. The van der Waals surface area contributed by atoms with Crippen molar-refractivity contribution >= 4 is 11.7 Å². The molecule has 1 atom stereocenters. The molecule has 20 heavy (non-hydrogen) atoms. The lowest BCUT2D eigenvalue weighted by atomic mass is 9.92. The molecule has 2 N–H and O–H groups in total. The number of pyridine rings is 1. The second-order valence-corrected chi connectivity index (χ2v) is 4.59. The molecule has 0 fully saturated rings. The van der Waals surface area contributed by atoms with Crippen LogP contribution >= 0.6 is 0 Å². The highest BCUT2D eigenvalue weighted by Crippen LogP contribution is 2.34. The first kappa shape index (κ1) is 12.5. The number of aromatic hydroxyl groups is 1. The summed E-state index contributed by atoms with van der Waals surface area (Å²) in [6, 6.07) is 10.6. The van der Waals surface area contributed by atoms with Gasteiger partial charge < -0.3 is 15.2 Å². The lowest BCUT2D eigenvalue weighted by Crippen LogP contribution is -2.26. The second kappa shape index (κ2) is 5.21. The van der Waals surface area contributed by atoms with Crippen LogP contribution in [-0.4, -0.2) is 22.6 Å². The smallest absolute Gasteiger partial charge is 0.233 e. The number of carbonyl (C=O) groups excluding carboxylic acids is 1. The predicted molar refractivity (Wildman–Crippen MR) is 73.8 cm³/mol. The number of rotatable bonds is 2. The fraction of sp³-hybridized carbons (Fsp3) is 0.200. The molecule has 1 aliphatic rings. The zero-order valence-electron chi connectivity index (χ0n) is 10.7. The van der Waals surface area contributed by atoms with Gasteiger partial charge in [-0.25, -0.2) is 4.98 Å². The minimum atomic E-state index is -0.290. The van der Waals surface area contributed by atoms with Crippen LogP contribution in [0.25, 0.3) is 0 Å². The lowest BCUT2D eigenvalue weighted by Gasteiger charge is -2.24. The van der Waals surface area contributed by atoms with Gasteiger partial charge in [0.1, 0.15) is 5.75 Å². The fourth-order valence-corrected chi connectivity index (χ4v) is 2.31. The van der Waals surface area contributed by atoms with Gasteiger partial charge in [0.25, 0.3) is 0 Å². The summed E-state index contributed by atoms with van der Waals surface area (Å²) < 4.78 is 5.53. The summed E-state index contributed by atoms with van der Waals surface area (Å²) in [5, 5.41) is 12.3. The van der Waals surface area contributed by atoms with Crippen molar-refractivity contribution in [3.63, 3.8) is 0 Å². The Hall–Kier alpha value is -2.56. The van der Waals surface area contributed by atoms with Crippen molar-refractivity contribution in [1.82, 2.24) is 4.98 Å². The first-order valence-corrected chi connectivity index (χ1v) is 6.42. The topological polar surface area (TPSA) is 71.5 Å². The number of hydrogen-bond acceptors (Lipinski definition) is 4. The van der Waals surface area contributed by atoms with Crippen LogP contribution in [0.5, 0.6) is 11.5 Å². The van der Waals surface area contributed by atoms with Crippen LogP contribution in [0.3, 0.4) is 0 Å². The molecule has 0 aliphatic carbocycles. The molecule has 0 unspecified atom stereocenters. The summed E-state index contributed by atoms with van der Waals surface area (Å²) in [4.78, 5) is 16.3. The minimum Gasteiger partial charge on any atom is -0.504 e. The highest BCUT2D eigenvalue weighted by molar-refractivity contribution is 5.96. The number of carbonyl (C=O) groups is 1. The van der Waals surface area contributed by atoms with E-state index in [1.165, 1.54) is 12.3 Å². The van der Waals surface area contributed by atoms with Gasteiger partial charge >= 0.3 is 0 Å². The molecule has 5 heteroatoms. The maximum atomic E-state index is 12.4. The first-order chi connectivity index (χ1) is 9.75. The molecule has 0 spiro atoms. The van der Waals surface area contributed by atoms with Gasteiger partial charge in [0, 0.05) is 11.8 Å². The molecule has 2 aromatic rings. The van der Waals surface area contributed by atoms with Crippen LogP contribution in [0.4, 0.5) is 5.82 Å². The zero-order chi connectivity index (χ0) is 13.9. The molecular weight excluding hydrogens is 256 g/mol. The van der Waals surface area contributed by atoms with Crippen molar-refractivity contribution in [2.75, 3.05) is 11.9 Å².